The summed E-state index contributed by atoms with van der Waals surface area (Å²) in [5.41, 5.74) is 1.62. The van der Waals surface area contributed by atoms with Crippen molar-refractivity contribution in [3.63, 3.8) is 0 Å². The van der Waals surface area contributed by atoms with Gasteiger partial charge in [0.15, 0.2) is 6.10 Å². The minimum atomic E-state index is -4.00. The van der Waals surface area contributed by atoms with Crippen LogP contribution in [-0.4, -0.2) is 24.6 Å². The maximum Gasteiger partial charge on any atom is 0.339 e. The highest BCUT2D eigenvalue weighted by molar-refractivity contribution is 7.87. The number of carbonyl (C=O) groups excluding carboxylic acids is 1. The lowest BCUT2D eigenvalue weighted by atomic mass is 10.2. The van der Waals surface area contributed by atoms with E-state index in [2.05, 4.69) is 10.2 Å². The van der Waals surface area contributed by atoms with E-state index in [1.165, 1.54) is 24.3 Å². The summed E-state index contributed by atoms with van der Waals surface area (Å²) in [6.45, 7) is 6.74. The summed E-state index contributed by atoms with van der Waals surface area (Å²) in [6, 6.07) is 10.7. The fourth-order valence-corrected chi connectivity index (χ4v) is 3.80. The molecule has 1 aromatic heterocycles. The van der Waals surface area contributed by atoms with Gasteiger partial charge in [0.05, 0.1) is 5.56 Å². The number of aryl methyl sites for hydroxylation is 3. The zero-order chi connectivity index (χ0) is 21.2. The first kappa shape index (κ1) is 20.5. The average molecular weight is 416 g/mol. The molecule has 0 aliphatic rings. The van der Waals surface area contributed by atoms with Crippen molar-refractivity contribution in [3.8, 4) is 5.75 Å². The van der Waals surface area contributed by atoms with Crippen LogP contribution in [0.5, 0.6) is 5.75 Å². The molecule has 29 heavy (non-hydrogen) atoms. The van der Waals surface area contributed by atoms with Gasteiger partial charge < -0.3 is 13.3 Å². The lowest BCUT2D eigenvalue weighted by Crippen LogP contribution is -2.12. The highest BCUT2D eigenvalue weighted by Gasteiger charge is 2.21. The average Bonchev–Trinajstić information content (AvgIpc) is 3.10. The molecule has 152 valence electrons. The van der Waals surface area contributed by atoms with Crippen LogP contribution in [0.25, 0.3) is 0 Å². The molecule has 3 aromatic rings. The normalized spacial score (nSPS) is 12.4. The summed E-state index contributed by atoms with van der Waals surface area (Å²) in [5.74, 6) is 0.0326. The van der Waals surface area contributed by atoms with Crippen LogP contribution in [0.3, 0.4) is 0 Å². The second-order valence-corrected chi connectivity index (χ2v) is 8.05. The molecule has 3 rings (SSSR count). The molecule has 0 spiro atoms. The molecule has 8 nitrogen and oxygen atoms in total. The van der Waals surface area contributed by atoms with Gasteiger partial charge in [-0.1, -0.05) is 12.1 Å². The van der Waals surface area contributed by atoms with E-state index in [-0.39, 0.29) is 22.1 Å². The molecule has 1 heterocycles. The number of rotatable bonds is 6. The zero-order valence-corrected chi connectivity index (χ0v) is 17.2. The third-order valence-electron chi connectivity index (χ3n) is 4.08. The van der Waals surface area contributed by atoms with Crippen molar-refractivity contribution in [3.05, 3.63) is 70.9 Å². The van der Waals surface area contributed by atoms with Gasteiger partial charge in [0.25, 0.3) is 5.89 Å². The van der Waals surface area contributed by atoms with E-state index in [9.17, 15) is 13.2 Å². The van der Waals surface area contributed by atoms with Crippen molar-refractivity contribution in [2.45, 2.75) is 38.7 Å². The van der Waals surface area contributed by atoms with E-state index >= 15 is 0 Å². The van der Waals surface area contributed by atoms with Crippen LogP contribution in [0.15, 0.2) is 51.8 Å². The third kappa shape index (κ3) is 4.80. The van der Waals surface area contributed by atoms with Gasteiger partial charge in [0.1, 0.15) is 10.6 Å². The van der Waals surface area contributed by atoms with Crippen LogP contribution < -0.4 is 4.18 Å². The Balaban J connectivity index is 1.71. The second-order valence-electron chi connectivity index (χ2n) is 6.54. The zero-order valence-electron chi connectivity index (χ0n) is 16.4. The van der Waals surface area contributed by atoms with Crippen LogP contribution >= 0.6 is 0 Å². The summed E-state index contributed by atoms with van der Waals surface area (Å²) in [4.78, 5) is 12.4. The molecule has 0 aliphatic heterocycles. The number of esters is 1. The second kappa shape index (κ2) is 8.04. The molecule has 0 saturated heterocycles. The van der Waals surface area contributed by atoms with Gasteiger partial charge in [0.2, 0.25) is 5.89 Å². The Morgan fingerprint density at radius 2 is 1.72 bits per heavy atom. The van der Waals surface area contributed by atoms with E-state index < -0.39 is 22.2 Å². The lowest BCUT2D eigenvalue weighted by molar-refractivity contribution is 0.0277. The van der Waals surface area contributed by atoms with E-state index in [1.807, 2.05) is 6.07 Å². The van der Waals surface area contributed by atoms with Crippen LogP contribution in [0, 0.1) is 20.8 Å². The summed E-state index contributed by atoms with van der Waals surface area (Å²) in [5, 5.41) is 7.50. The molecule has 0 aliphatic carbocycles. The van der Waals surface area contributed by atoms with Gasteiger partial charge in [-0.3, -0.25) is 0 Å². The maximum absolute atomic E-state index is 12.6. The van der Waals surface area contributed by atoms with E-state index in [0.717, 1.165) is 5.56 Å². The number of ether oxygens (including phenoxy) is 1. The molecule has 9 heteroatoms. The van der Waals surface area contributed by atoms with Gasteiger partial charge >= 0.3 is 16.1 Å². The number of hydrogen-bond donors (Lipinski definition) is 0. The maximum atomic E-state index is 12.6. The molecular weight excluding hydrogens is 396 g/mol. The Kier molecular flexibility index (Phi) is 5.69. The number of hydrogen-bond acceptors (Lipinski definition) is 8. The number of benzene rings is 2. The highest BCUT2D eigenvalue weighted by atomic mass is 32.2. The molecule has 0 saturated carbocycles. The lowest BCUT2D eigenvalue weighted by Gasteiger charge is -2.11. The first-order valence-electron chi connectivity index (χ1n) is 8.78. The largest absolute Gasteiger partial charge is 0.449 e. The SMILES string of the molecule is Cc1ccc(C)c(S(=O)(=O)Oc2ccc(C(=O)O[C@@H](C)c3nnc(C)o3)cc2)c1. The van der Waals surface area contributed by atoms with Crippen LogP contribution in [0.2, 0.25) is 0 Å². The van der Waals surface area contributed by atoms with Crippen LogP contribution in [-0.2, 0) is 14.9 Å². The molecule has 2 aromatic carbocycles. The molecule has 1 atom stereocenters. The first-order chi connectivity index (χ1) is 13.7. The summed E-state index contributed by atoms with van der Waals surface area (Å²) >= 11 is 0. The molecule has 0 fully saturated rings. The van der Waals surface area contributed by atoms with Gasteiger partial charge in [-0.05, 0) is 62.2 Å². The van der Waals surface area contributed by atoms with Crippen molar-refractivity contribution in [1.29, 1.82) is 0 Å². The van der Waals surface area contributed by atoms with E-state index in [1.54, 1.807) is 39.8 Å². The molecule has 0 amide bonds. The van der Waals surface area contributed by atoms with Crippen molar-refractivity contribution < 1.29 is 26.5 Å². The fraction of sp³-hybridized carbons (Fsp3) is 0.250. The molecule has 0 N–H and O–H groups in total. The molecular formula is C20H20N2O6S. The Morgan fingerprint density at radius 1 is 1.03 bits per heavy atom. The van der Waals surface area contributed by atoms with Crippen molar-refractivity contribution in [1.82, 2.24) is 10.2 Å². The predicted octanol–water partition coefficient (Wildman–Crippen LogP) is 3.68. The quantitative estimate of drug-likeness (QED) is 0.442. The first-order valence-corrected chi connectivity index (χ1v) is 10.2. The smallest absolute Gasteiger partial charge is 0.339 e. The standard InChI is InChI=1S/C20H20N2O6S/c1-12-5-6-13(2)18(11-12)29(24,25)28-17-9-7-16(8-10-17)20(23)26-14(3)19-22-21-15(4)27-19/h5-11,14H,1-4H3/t14-/m0/s1. The Bertz CT molecular complexity index is 1140. The van der Waals surface area contributed by atoms with Crippen LogP contribution in [0.1, 0.15) is 46.3 Å². The van der Waals surface area contributed by atoms with Crippen molar-refractivity contribution in [2.24, 2.45) is 0 Å². The van der Waals surface area contributed by atoms with Crippen molar-refractivity contribution >= 4 is 16.1 Å². The topological polar surface area (TPSA) is 109 Å². The number of aromatic nitrogens is 2. The van der Waals surface area contributed by atoms with Gasteiger partial charge in [0, 0.05) is 6.92 Å². The van der Waals surface area contributed by atoms with E-state index in [0.29, 0.717) is 11.5 Å². The number of nitrogens with zero attached hydrogens (tertiary/aromatic N) is 2. The van der Waals surface area contributed by atoms with Gasteiger partial charge in [-0.15, -0.1) is 10.2 Å². The van der Waals surface area contributed by atoms with Gasteiger partial charge in [-0.2, -0.15) is 8.42 Å². The minimum Gasteiger partial charge on any atom is -0.449 e. The Hall–Kier alpha value is -3.20. The third-order valence-corrected chi connectivity index (χ3v) is 5.47. The summed E-state index contributed by atoms with van der Waals surface area (Å²) in [7, 11) is -4.00. The molecule has 0 radical (unpaired) electrons. The molecule has 0 bridgehead atoms. The van der Waals surface area contributed by atoms with E-state index in [4.69, 9.17) is 13.3 Å². The Labute approximate surface area is 168 Å². The summed E-state index contributed by atoms with van der Waals surface area (Å²) < 4.78 is 40.8. The highest BCUT2D eigenvalue weighted by Crippen LogP contribution is 2.23. The predicted molar refractivity (Wildman–Crippen MR) is 103 cm³/mol. The van der Waals surface area contributed by atoms with Crippen molar-refractivity contribution in [2.75, 3.05) is 0 Å². The summed E-state index contributed by atoms with van der Waals surface area (Å²) in [6.07, 6.45) is -0.718. The van der Waals surface area contributed by atoms with Crippen LogP contribution in [0.4, 0.5) is 0 Å². The molecule has 0 unspecified atom stereocenters. The minimum absolute atomic E-state index is 0.0861. The monoisotopic (exact) mass is 416 g/mol. The Morgan fingerprint density at radius 3 is 2.34 bits per heavy atom. The van der Waals surface area contributed by atoms with Gasteiger partial charge in [-0.25, -0.2) is 4.79 Å². The number of carbonyl (C=O) groups is 1. The fourth-order valence-electron chi connectivity index (χ4n) is 2.55.